The lowest BCUT2D eigenvalue weighted by Gasteiger charge is -2.00. The molecule has 0 aliphatic rings. The SMILES string of the molecule is O=c1c(Br)cncn1Cc1ccon1. The van der Waals surface area contributed by atoms with Gasteiger partial charge >= 0.3 is 0 Å². The van der Waals surface area contributed by atoms with E-state index in [4.69, 9.17) is 0 Å². The Hall–Kier alpha value is -1.43. The number of halogens is 1. The van der Waals surface area contributed by atoms with Crippen molar-refractivity contribution in [1.82, 2.24) is 14.7 Å². The minimum Gasteiger partial charge on any atom is -0.364 e. The Bertz CT molecular complexity index is 478. The normalized spacial score (nSPS) is 10.4. The molecule has 0 aromatic carbocycles. The predicted molar refractivity (Wildman–Crippen MR) is 51.8 cm³/mol. The fourth-order valence-corrected chi connectivity index (χ4v) is 1.38. The lowest BCUT2D eigenvalue weighted by molar-refractivity contribution is 0.409. The van der Waals surface area contributed by atoms with Gasteiger partial charge in [0, 0.05) is 12.3 Å². The van der Waals surface area contributed by atoms with E-state index in [0.717, 1.165) is 0 Å². The summed E-state index contributed by atoms with van der Waals surface area (Å²) in [6, 6.07) is 1.70. The van der Waals surface area contributed by atoms with Gasteiger partial charge in [-0.25, -0.2) is 4.98 Å². The van der Waals surface area contributed by atoms with Gasteiger partial charge in [-0.2, -0.15) is 0 Å². The number of hydrogen-bond donors (Lipinski definition) is 0. The van der Waals surface area contributed by atoms with E-state index in [1.807, 2.05) is 0 Å². The van der Waals surface area contributed by atoms with Crippen LogP contribution in [0.3, 0.4) is 0 Å². The van der Waals surface area contributed by atoms with Crippen molar-refractivity contribution in [2.75, 3.05) is 0 Å². The van der Waals surface area contributed by atoms with Crippen molar-refractivity contribution >= 4 is 15.9 Å². The lowest BCUT2D eigenvalue weighted by Crippen LogP contribution is -2.21. The highest BCUT2D eigenvalue weighted by Gasteiger charge is 2.03. The molecule has 6 heteroatoms. The highest BCUT2D eigenvalue weighted by atomic mass is 79.9. The van der Waals surface area contributed by atoms with Gasteiger partial charge in [0.25, 0.3) is 5.56 Å². The summed E-state index contributed by atoms with van der Waals surface area (Å²) in [5, 5.41) is 3.70. The Morgan fingerprint density at radius 3 is 3.14 bits per heavy atom. The molecule has 0 bridgehead atoms. The van der Waals surface area contributed by atoms with Gasteiger partial charge < -0.3 is 4.52 Å². The van der Waals surface area contributed by atoms with Crippen LogP contribution >= 0.6 is 15.9 Å². The van der Waals surface area contributed by atoms with E-state index in [9.17, 15) is 4.79 Å². The summed E-state index contributed by atoms with van der Waals surface area (Å²) < 4.78 is 6.54. The number of hydrogen-bond acceptors (Lipinski definition) is 4. The first kappa shape index (κ1) is 9.14. The number of rotatable bonds is 2. The van der Waals surface area contributed by atoms with Crippen LogP contribution in [0.2, 0.25) is 0 Å². The highest BCUT2D eigenvalue weighted by Crippen LogP contribution is 2.00. The molecule has 0 unspecified atom stereocenters. The summed E-state index contributed by atoms with van der Waals surface area (Å²) in [7, 11) is 0. The summed E-state index contributed by atoms with van der Waals surface area (Å²) in [6.45, 7) is 0.363. The standard InChI is InChI=1S/C8H6BrN3O2/c9-7-3-10-5-12(8(7)13)4-6-1-2-14-11-6/h1-3,5H,4H2. The summed E-state index contributed by atoms with van der Waals surface area (Å²) in [5.41, 5.74) is 0.551. The van der Waals surface area contributed by atoms with Crippen molar-refractivity contribution in [3.63, 3.8) is 0 Å². The molecular weight excluding hydrogens is 250 g/mol. The topological polar surface area (TPSA) is 60.9 Å². The Morgan fingerprint density at radius 2 is 2.43 bits per heavy atom. The third-order valence-corrected chi connectivity index (χ3v) is 2.23. The average Bonchev–Trinajstić information content (AvgIpc) is 2.66. The minimum atomic E-state index is -0.136. The molecule has 0 saturated carbocycles. The van der Waals surface area contributed by atoms with Crippen LogP contribution in [0.5, 0.6) is 0 Å². The van der Waals surface area contributed by atoms with Crippen LogP contribution in [0.25, 0.3) is 0 Å². The van der Waals surface area contributed by atoms with E-state index in [2.05, 4.69) is 30.6 Å². The van der Waals surface area contributed by atoms with E-state index < -0.39 is 0 Å². The second kappa shape index (κ2) is 3.75. The minimum absolute atomic E-state index is 0.136. The Labute approximate surface area is 87.5 Å². The molecule has 72 valence electrons. The zero-order chi connectivity index (χ0) is 9.97. The molecule has 5 nitrogen and oxygen atoms in total. The van der Waals surface area contributed by atoms with Crippen LogP contribution in [0, 0.1) is 0 Å². The number of aromatic nitrogens is 3. The Kier molecular flexibility index (Phi) is 2.45. The fourth-order valence-electron chi connectivity index (χ4n) is 1.03. The fraction of sp³-hybridized carbons (Fsp3) is 0.125. The molecule has 0 N–H and O–H groups in total. The molecule has 0 saturated heterocycles. The van der Waals surface area contributed by atoms with E-state index in [1.54, 1.807) is 6.07 Å². The van der Waals surface area contributed by atoms with Gasteiger partial charge in [-0.05, 0) is 15.9 Å². The molecule has 0 fully saturated rings. The molecular formula is C8H6BrN3O2. The highest BCUT2D eigenvalue weighted by molar-refractivity contribution is 9.10. The van der Waals surface area contributed by atoms with Gasteiger partial charge in [-0.3, -0.25) is 9.36 Å². The molecule has 14 heavy (non-hydrogen) atoms. The third kappa shape index (κ3) is 1.74. The summed E-state index contributed by atoms with van der Waals surface area (Å²) in [4.78, 5) is 15.4. The van der Waals surface area contributed by atoms with Gasteiger partial charge in [0.2, 0.25) is 0 Å². The molecule has 2 aromatic rings. The molecule has 2 aromatic heterocycles. The van der Waals surface area contributed by atoms with Gasteiger partial charge in [0.1, 0.15) is 16.4 Å². The maximum atomic E-state index is 11.5. The quantitative estimate of drug-likeness (QED) is 0.805. The summed E-state index contributed by atoms with van der Waals surface area (Å²) in [6.07, 6.45) is 4.38. The van der Waals surface area contributed by atoms with E-state index in [1.165, 1.54) is 23.4 Å². The lowest BCUT2D eigenvalue weighted by atomic mass is 10.4. The molecule has 2 heterocycles. The van der Waals surface area contributed by atoms with Crippen LogP contribution in [0.1, 0.15) is 5.69 Å². The summed E-state index contributed by atoms with van der Waals surface area (Å²) in [5.74, 6) is 0. The van der Waals surface area contributed by atoms with Gasteiger partial charge in [-0.15, -0.1) is 0 Å². The maximum Gasteiger partial charge on any atom is 0.267 e. The van der Waals surface area contributed by atoms with Crippen molar-refractivity contribution in [1.29, 1.82) is 0 Å². The van der Waals surface area contributed by atoms with E-state index >= 15 is 0 Å². The van der Waals surface area contributed by atoms with Crippen molar-refractivity contribution in [3.8, 4) is 0 Å². The van der Waals surface area contributed by atoms with Gasteiger partial charge in [0.15, 0.2) is 0 Å². The van der Waals surface area contributed by atoms with Crippen LogP contribution in [-0.4, -0.2) is 14.7 Å². The van der Waals surface area contributed by atoms with E-state index in [-0.39, 0.29) is 5.56 Å². The molecule has 0 spiro atoms. The Morgan fingerprint density at radius 1 is 1.57 bits per heavy atom. The number of nitrogens with zero attached hydrogens (tertiary/aromatic N) is 3. The van der Waals surface area contributed by atoms with Crippen molar-refractivity contribution < 1.29 is 4.52 Å². The predicted octanol–water partition coefficient (Wildman–Crippen LogP) is 1.04. The van der Waals surface area contributed by atoms with Crippen molar-refractivity contribution in [2.24, 2.45) is 0 Å². The smallest absolute Gasteiger partial charge is 0.267 e. The van der Waals surface area contributed by atoms with Gasteiger partial charge in [0.05, 0.1) is 12.9 Å². The second-order valence-electron chi connectivity index (χ2n) is 2.67. The van der Waals surface area contributed by atoms with Crippen molar-refractivity contribution in [2.45, 2.75) is 6.54 Å². The van der Waals surface area contributed by atoms with Gasteiger partial charge in [-0.1, -0.05) is 5.16 Å². The van der Waals surface area contributed by atoms with E-state index in [0.29, 0.717) is 16.7 Å². The zero-order valence-corrected chi connectivity index (χ0v) is 8.64. The van der Waals surface area contributed by atoms with Crippen LogP contribution in [0.4, 0.5) is 0 Å². The van der Waals surface area contributed by atoms with Crippen molar-refractivity contribution in [3.05, 3.63) is 45.4 Å². The first-order chi connectivity index (χ1) is 6.77. The summed E-state index contributed by atoms with van der Waals surface area (Å²) >= 11 is 3.11. The Balaban J connectivity index is 2.34. The third-order valence-electron chi connectivity index (χ3n) is 1.68. The van der Waals surface area contributed by atoms with Crippen LogP contribution < -0.4 is 5.56 Å². The first-order valence-corrected chi connectivity index (χ1v) is 4.66. The molecule has 0 aliphatic heterocycles. The average molecular weight is 256 g/mol. The molecule has 0 amide bonds. The molecule has 0 atom stereocenters. The molecule has 0 radical (unpaired) electrons. The molecule has 2 rings (SSSR count). The first-order valence-electron chi connectivity index (χ1n) is 3.86. The second-order valence-corrected chi connectivity index (χ2v) is 3.52. The monoisotopic (exact) mass is 255 g/mol. The molecule has 0 aliphatic carbocycles. The zero-order valence-electron chi connectivity index (χ0n) is 7.05. The maximum absolute atomic E-state index is 11.5. The largest absolute Gasteiger partial charge is 0.364 e. The van der Waals surface area contributed by atoms with Crippen LogP contribution in [0.15, 0.2) is 38.6 Å². The van der Waals surface area contributed by atoms with Crippen LogP contribution in [-0.2, 0) is 6.54 Å².